The Bertz CT molecular complexity index is 561. The van der Waals surface area contributed by atoms with Gasteiger partial charge in [0.15, 0.2) is 0 Å². The minimum atomic E-state index is -0.679. The quantitative estimate of drug-likeness (QED) is 0.771. The number of carbonyl (C=O) groups is 3. The molecule has 0 saturated heterocycles. The van der Waals surface area contributed by atoms with Crippen LogP contribution in [0.3, 0.4) is 0 Å². The summed E-state index contributed by atoms with van der Waals surface area (Å²) in [4.78, 5) is 37.4. The van der Waals surface area contributed by atoms with Gasteiger partial charge in [0, 0.05) is 11.6 Å². The molecule has 1 rings (SSSR count). The SMILES string of the molecule is C=CC1=C(/C=C\C)N(CC(N)=O)C(=O)C(NC(=O)C(C)C)CC1. The lowest BCUT2D eigenvalue weighted by Gasteiger charge is -2.26. The Morgan fingerprint density at radius 1 is 1.48 bits per heavy atom. The lowest BCUT2D eigenvalue weighted by molar-refractivity contribution is -0.137. The van der Waals surface area contributed by atoms with E-state index in [0.29, 0.717) is 18.5 Å². The van der Waals surface area contributed by atoms with Crippen LogP contribution in [0, 0.1) is 5.92 Å². The Morgan fingerprint density at radius 2 is 2.13 bits per heavy atom. The predicted molar refractivity (Wildman–Crippen MR) is 88.9 cm³/mol. The molecule has 0 aromatic heterocycles. The summed E-state index contributed by atoms with van der Waals surface area (Å²) in [6, 6.07) is -0.679. The third-order valence-corrected chi connectivity index (χ3v) is 3.61. The molecule has 0 aromatic rings. The summed E-state index contributed by atoms with van der Waals surface area (Å²) >= 11 is 0. The Balaban J connectivity index is 3.20. The van der Waals surface area contributed by atoms with Crippen LogP contribution in [-0.4, -0.2) is 35.2 Å². The number of carbonyl (C=O) groups excluding carboxylic acids is 3. The zero-order chi connectivity index (χ0) is 17.6. The molecule has 0 aromatic carbocycles. The molecular weight excluding hydrogens is 294 g/mol. The summed E-state index contributed by atoms with van der Waals surface area (Å²) in [6.07, 6.45) is 6.24. The van der Waals surface area contributed by atoms with Gasteiger partial charge in [-0.05, 0) is 31.4 Å². The van der Waals surface area contributed by atoms with Gasteiger partial charge < -0.3 is 16.0 Å². The molecular formula is C17H25N3O3. The molecule has 1 atom stereocenters. The second kappa shape index (κ2) is 8.31. The largest absolute Gasteiger partial charge is 0.368 e. The second-order valence-corrected chi connectivity index (χ2v) is 5.76. The van der Waals surface area contributed by atoms with Crippen LogP contribution in [0.2, 0.25) is 0 Å². The highest BCUT2D eigenvalue weighted by Crippen LogP contribution is 2.25. The van der Waals surface area contributed by atoms with Gasteiger partial charge in [-0.2, -0.15) is 0 Å². The number of amides is 3. The summed E-state index contributed by atoms with van der Waals surface area (Å²) in [5, 5.41) is 2.75. The van der Waals surface area contributed by atoms with Gasteiger partial charge in [0.05, 0.1) is 0 Å². The summed E-state index contributed by atoms with van der Waals surface area (Å²) in [6.45, 7) is 8.89. The molecule has 1 heterocycles. The molecule has 1 unspecified atom stereocenters. The summed E-state index contributed by atoms with van der Waals surface area (Å²) < 4.78 is 0. The molecule has 3 N–H and O–H groups in total. The van der Waals surface area contributed by atoms with E-state index in [1.165, 1.54) is 4.90 Å². The van der Waals surface area contributed by atoms with Crippen molar-refractivity contribution in [3.8, 4) is 0 Å². The second-order valence-electron chi connectivity index (χ2n) is 5.76. The van der Waals surface area contributed by atoms with Crippen LogP contribution in [0.15, 0.2) is 36.1 Å². The minimum Gasteiger partial charge on any atom is -0.368 e. The van der Waals surface area contributed by atoms with E-state index in [0.717, 1.165) is 5.57 Å². The van der Waals surface area contributed by atoms with Gasteiger partial charge in [-0.15, -0.1) is 0 Å². The fraction of sp³-hybridized carbons (Fsp3) is 0.471. The first-order valence-corrected chi connectivity index (χ1v) is 7.70. The Hall–Kier alpha value is -2.37. The van der Waals surface area contributed by atoms with Crippen molar-refractivity contribution in [1.29, 1.82) is 0 Å². The van der Waals surface area contributed by atoms with Gasteiger partial charge >= 0.3 is 0 Å². The number of nitrogens with one attached hydrogen (secondary N) is 1. The van der Waals surface area contributed by atoms with Crippen molar-refractivity contribution < 1.29 is 14.4 Å². The highest BCUT2D eigenvalue weighted by molar-refractivity contribution is 5.92. The molecule has 3 amide bonds. The molecule has 0 spiro atoms. The van der Waals surface area contributed by atoms with E-state index >= 15 is 0 Å². The van der Waals surface area contributed by atoms with Gasteiger partial charge in [0.2, 0.25) is 17.7 Å². The molecule has 0 saturated carbocycles. The Labute approximate surface area is 137 Å². The lowest BCUT2D eigenvalue weighted by atomic mass is 10.0. The molecule has 0 fully saturated rings. The van der Waals surface area contributed by atoms with Crippen molar-refractivity contribution in [1.82, 2.24) is 10.2 Å². The fourth-order valence-corrected chi connectivity index (χ4v) is 2.38. The summed E-state index contributed by atoms with van der Waals surface area (Å²) in [7, 11) is 0. The molecule has 0 aliphatic carbocycles. The normalized spacial score (nSPS) is 19.2. The van der Waals surface area contributed by atoms with Gasteiger partial charge in [-0.1, -0.05) is 32.6 Å². The zero-order valence-corrected chi connectivity index (χ0v) is 14.0. The average Bonchev–Trinajstić information content (AvgIpc) is 2.59. The Kier molecular flexibility index (Phi) is 6.75. The third-order valence-electron chi connectivity index (χ3n) is 3.61. The van der Waals surface area contributed by atoms with Crippen LogP contribution in [-0.2, 0) is 14.4 Å². The molecule has 6 heteroatoms. The number of primary amides is 1. The molecule has 6 nitrogen and oxygen atoms in total. The van der Waals surface area contributed by atoms with Crippen molar-refractivity contribution in [3.05, 3.63) is 36.1 Å². The van der Waals surface area contributed by atoms with Crippen molar-refractivity contribution in [2.45, 2.75) is 39.7 Å². The standard InChI is InChI=1S/C17H25N3O3/c1-5-7-14-12(6-2)8-9-13(19-16(22)11(3)4)17(23)20(14)10-15(18)21/h5-7,11,13H,2,8-10H2,1,3-4H3,(H2,18,21)(H,19,22)/b7-5-. The highest BCUT2D eigenvalue weighted by Gasteiger charge is 2.32. The van der Waals surface area contributed by atoms with Crippen molar-refractivity contribution in [2.75, 3.05) is 6.54 Å². The maximum Gasteiger partial charge on any atom is 0.250 e. The van der Waals surface area contributed by atoms with Gasteiger partial charge in [-0.3, -0.25) is 14.4 Å². The first kappa shape index (κ1) is 18.7. The zero-order valence-electron chi connectivity index (χ0n) is 14.0. The number of hydrogen-bond acceptors (Lipinski definition) is 3. The van der Waals surface area contributed by atoms with E-state index in [4.69, 9.17) is 5.73 Å². The van der Waals surface area contributed by atoms with Crippen LogP contribution in [0.1, 0.15) is 33.6 Å². The smallest absolute Gasteiger partial charge is 0.250 e. The number of allylic oxidation sites excluding steroid dienone is 4. The summed E-state index contributed by atoms with van der Waals surface area (Å²) in [5.74, 6) is -1.36. The van der Waals surface area contributed by atoms with E-state index in [1.807, 2.05) is 6.92 Å². The monoisotopic (exact) mass is 319 g/mol. The van der Waals surface area contributed by atoms with E-state index in [2.05, 4.69) is 11.9 Å². The van der Waals surface area contributed by atoms with Crippen molar-refractivity contribution >= 4 is 17.7 Å². The van der Waals surface area contributed by atoms with E-state index in [1.54, 1.807) is 32.1 Å². The van der Waals surface area contributed by atoms with Crippen molar-refractivity contribution in [2.24, 2.45) is 11.7 Å². The fourth-order valence-electron chi connectivity index (χ4n) is 2.38. The summed E-state index contributed by atoms with van der Waals surface area (Å²) in [5.41, 5.74) is 6.73. The molecule has 23 heavy (non-hydrogen) atoms. The van der Waals surface area contributed by atoms with Crippen LogP contribution in [0.4, 0.5) is 0 Å². The predicted octanol–water partition coefficient (Wildman–Crippen LogP) is 1.25. The maximum atomic E-state index is 12.8. The number of nitrogens with zero attached hydrogens (tertiary/aromatic N) is 1. The average molecular weight is 319 g/mol. The molecule has 1 aliphatic rings. The van der Waals surface area contributed by atoms with Crippen LogP contribution < -0.4 is 11.1 Å². The van der Waals surface area contributed by atoms with E-state index < -0.39 is 11.9 Å². The number of rotatable bonds is 6. The maximum absolute atomic E-state index is 12.8. The lowest BCUT2D eigenvalue weighted by Crippen LogP contribution is -2.50. The Morgan fingerprint density at radius 3 is 2.61 bits per heavy atom. The molecule has 0 radical (unpaired) electrons. The minimum absolute atomic E-state index is 0.197. The molecule has 126 valence electrons. The van der Waals surface area contributed by atoms with E-state index in [9.17, 15) is 14.4 Å². The van der Waals surface area contributed by atoms with Crippen LogP contribution in [0.25, 0.3) is 0 Å². The third kappa shape index (κ3) is 4.81. The molecule has 1 aliphatic heterocycles. The highest BCUT2D eigenvalue weighted by atomic mass is 16.2. The van der Waals surface area contributed by atoms with Gasteiger partial charge in [-0.25, -0.2) is 0 Å². The first-order valence-electron chi connectivity index (χ1n) is 7.70. The van der Waals surface area contributed by atoms with E-state index in [-0.39, 0.29) is 24.3 Å². The van der Waals surface area contributed by atoms with Crippen molar-refractivity contribution in [3.63, 3.8) is 0 Å². The topological polar surface area (TPSA) is 92.5 Å². The van der Waals surface area contributed by atoms with Gasteiger partial charge in [0.25, 0.3) is 0 Å². The molecule has 0 bridgehead atoms. The number of hydrogen-bond donors (Lipinski definition) is 2. The van der Waals surface area contributed by atoms with Crippen LogP contribution in [0.5, 0.6) is 0 Å². The first-order chi connectivity index (χ1) is 10.8. The number of nitrogens with two attached hydrogens (primary N) is 1. The van der Waals surface area contributed by atoms with Crippen LogP contribution >= 0.6 is 0 Å². The van der Waals surface area contributed by atoms with Gasteiger partial charge in [0.1, 0.15) is 12.6 Å².